The fourth-order valence-electron chi connectivity index (χ4n) is 2.69. The van der Waals surface area contributed by atoms with Gasteiger partial charge in [0.25, 0.3) is 0 Å². The van der Waals surface area contributed by atoms with Crippen LogP contribution in [0.4, 0.5) is 26.3 Å². The topological polar surface area (TPSA) is 63.1 Å². The number of nitrogens with zero attached hydrogens (tertiary/aromatic N) is 4. The maximum absolute atomic E-state index is 13.0. The molecule has 1 amide bonds. The van der Waals surface area contributed by atoms with E-state index in [1.807, 2.05) is 0 Å². The molecule has 1 aliphatic heterocycles. The van der Waals surface area contributed by atoms with E-state index in [0.29, 0.717) is 38.3 Å². The maximum atomic E-state index is 13.0. The first-order valence-corrected chi connectivity index (χ1v) is 8.43. The first kappa shape index (κ1) is 20.8. The van der Waals surface area contributed by atoms with Crippen molar-refractivity contribution in [2.45, 2.75) is 12.4 Å². The number of hydrogen-bond donors (Lipinski definition) is 1. The third kappa shape index (κ3) is 5.13. The fraction of sp³-hybridized carbons (Fsp3) is 0.353. The van der Waals surface area contributed by atoms with Gasteiger partial charge in [0, 0.05) is 44.0 Å². The Morgan fingerprint density at radius 1 is 1.00 bits per heavy atom. The van der Waals surface area contributed by atoms with Gasteiger partial charge in [0.2, 0.25) is 5.91 Å². The molecule has 1 aromatic carbocycles. The van der Waals surface area contributed by atoms with Crippen molar-refractivity contribution in [1.82, 2.24) is 25.0 Å². The number of amides is 1. The standard InChI is InChI=1S/C17H15F6N5O/c18-16(19,20)12-7-11(8-13(9-12)17(21,22)23)15-25-10-28(26-15)4-1-14(29)27-5-2-24-3-6-27/h1,4,7-10,24H,2-3,5-6H2/b4-1-. The molecule has 0 saturated carbocycles. The first-order valence-electron chi connectivity index (χ1n) is 8.43. The number of carbonyl (C=O) groups excluding carboxylic acids is 1. The molecule has 2 aromatic rings. The van der Waals surface area contributed by atoms with E-state index < -0.39 is 29.0 Å². The molecule has 0 radical (unpaired) electrons. The number of benzene rings is 1. The molecule has 0 atom stereocenters. The number of piperazine rings is 1. The zero-order valence-corrected chi connectivity index (χ0v) is 14.8. The molecule has 6 nitrogen and oxygen atoms in total. The Morgan fingerprint density at radius 3 is 2.14 bits per heavy atom. The molecule has 1 aromatic heterocycles. The summed E-state index contributed by atoms with van der Waals surface area (Å²) in [7, 11) is 0. The van der Waals surface area contributed by atoms with Gasteiger partial charge in [0.05, 0.1) is 11.1 Å². The maximum Gasteiger partial charge on any atom is 0.416 e. The number of halogens is 6. The van der Waals surface area contributed by atoms with Crippen LogP contribution < -0.4 is 5.32 Å². The van der Waals surface area contributed by atoms with Crippen molar-refractivity contribution in [3.63, 3.8) is 0 Å². The largest absolute Gasteiger partial charge is 0.416 e. The second kappa shape index (κ2) is 7.85. The zero-order valence-electron chi connectivity index (χ0n) is 14.8. The van der Waals surface area contributed by atoms with E-state index in [2.05, 4.69) is 15.4 Å². The molecule has 0 bridgehead atoms. The van der Waals surface area contributed by atoms with Crippen molar-refractivity contribution in [2.24, 2.45) is 0 Å². The van der Waals surface area contributed by atoms with E-state index in [1.54, 1.807) is 4.90 Å². The van der Waals surface area contributed by atoms with Gasteiger partial charge >= 0.3 is 12.4 Å². The van der Waals surface area contributed by atoms with Crippen LogP contribution >= 0.6 is 0 Å². The summed E-state index contributed by atoms with van der Waals surface area (Å²) in [5.41, 5.74) is -3.35. The molecule has 2 heterocycles. The lowest BCUT2D eigenvalue weighted by Crippen LogP contribution is -2.45. The SMILES string of the molecule is O=C(/C=C\n1cnc(-c2cc(C(F)(F)F)cc(C(F)(F)F)c2)n1)N1CCNCC1. The van der Waals surface area contributed by atoms with E-state index in [9.17, 15) is 31.1 Å². The van der Waals surface area contributed by atoms with Crippen LogP contribution in [0, 0.1) is 0 Å². The predicted octanol–water partition coefficient (Wildman–Crippen LogP) is 2.89. The highest BCUT2D eigenvalue weighted by Crippen LogP contribution is 2.38. The van der Waals surface area contributed by atoms with Crippen LogP contribution in [-0.2, 0) is 17.1 Å². The number of carbonyl (C=O) groups is 1. The van der Waals surface area contributed by atoms with Crippen LogP contribution in [0.1, 0.15) is 11.1 Å². The van der Waals surface area contributed by atoms with E-state index in [1.165, 1.54) is 12.3 Å². The highest BCUT2D eigenvalue weighted by Gasteiger charge is 2.37. The summed E-state index contributed by atoms with van der Waals surface area (Å²) in [6.45, 7) is 2.36. The minimum atomic E-state index is -4.96. The molecule has 1 N–H and O–H groups in total. The van der Waals surface area contributed by atoms with Crippen molar-refractivity contribution >= 4 is 12.1 Å². The summed E-state index contributed by atoms with van der Waals surface area (Å²) in [6.07, 6.45) is -6.40. The molecular weight excluding hydrogens is 404 g/mol. The Balaban J connectivity index is 1.85. The van der Waals surface area contributed by atoms with Crippen molar-refractivity contribution in [3.05, 3.63) is 41.7 Å². The molecule has 3 rings (SSSR count). The van der Waals surface area contributed by atoms with Gasteiger partial charge in [0.1, 0.15) is 6.33 Å². The van der Waals surface area contributed by atoms with E-state index in [0.717, 1.165) is 11.0 Å². The van der Waals surface area contributed by atoms with Crippen LogP contribution in [0.15, 0.2) is 30.6 Å². The number of alkyl halides is 6. The number of hydrogen-bond acceptors (Lipinski definition) is 4. The summed E-state index contributed by atoms with van der Waals surface area (Å²) in [5.74, 6) is -0.622. The van der Waals surface area contributed by atoms with Crippen molar-refractivity contribution in [1.29, 1.82) is 0 Å². The summed E-state index contributed by atoms with van der Waals surface area (Å²) >= 11 is 0. The molecule has 156 valence electrons. The fourth-order valence-corrected chi connectivity index (χ4v) is 2.69. The van der Waals surface area contributed by atoms with E-state index in [4.69, 9.17) is 0 Å². The molecule has 0 spiro atoms. The monoisotopic (exact) mass is 419 g/mol. The third-order valence-electron chi connectivity index (χ3n) is 4.15. The molecule has 0 aliphatic carbocycles. The van der Waals surface area contributed by atoms with Crippen molar-refractivity contribution in [2.75, 3.05) is 26.2 Å². The molecule has 12 heteroatoms. The second-order valence-electron chi connectivity index (χ2n) is 6.23. The molecule has 0 unspecified atom stereocenters. The molecule has 1 fully saturated rings. The lowest BCUT2D eigenvalue weighted by Gasteiger charge is -2.26. The Hall–Kier alpha value is -2.89. The normalized spacial score (nSPS) is 15.9. The number of rotatable bonds is 3. The van der Waals surface area contributed by atoms with E-state index >= 15 is 0 Å². The minimum absolute atomic E-state index is 0.0343. The average molecular weight is 419 g/mol. The Kier molecular flexibility index (Phi) is 5.64. The Morgan fingerprint density at radius 2 is 1.59 bits per heavy atom. The van der Waals surface area contributed by atoms with Crippen LogP contribution in [0.3, 0.4) is 0 Å². The zero-order chi connectivity index (χ0) is 21.2. The van der Waals surface area contributed by atoms with Crippen molar-refractivity contribution in [3.8, 4) is 11.4 Å². The lowest BCUT2D eigenvalue weighted by atomic mass is 10.0. The second-order valence-corrected chi connectivity index (χ2v) is 6.23. The number of aromatic nitrogens is 3. The Bertz CT molecular complexity index is 880. The van der Waals surface area contributed by atoms with Gasteiger partial charge in [-0.25, -0.2) is 9.67 Å². The highest BCUT2D eigenvalue weighted by atomic mass is 19.4. The summed E-state index contributed by atoms with van der Waals surface area (Å²) < 4.78 is 78.9. The number of nitrogens with one attached hydrogen (secondary N) is 1. The van der Waals surface area contributed by atoms with Crippen LogP contribution in [0.5, 0.6) is 0 Å². The van der Waals surface area contributed by atoms with Crippen LogP contribution in [-0.4, -0.2) is 51.8 Å². The van der Waals surface area contributed by atoms with Gasteiger partial charge in [-0.1, -0.05) is 0 Å². The first-order chi connectivity index (χ1) is 13.5. The van der Waals surface area contributed by atoms with Crippen LogP contribution in [0.25, 0.3) is 17.6 Å². The van der Waals surface area contributed by atoms with E-state index in [-0.39, 0.29) is 17.8 Å². The van der Waals surface area contributed by atoms with Crippen LogP contribution in [0.2, 0.25) is 0 Å². The highest BCUT2D eigenvalue weighted by molar-refractivity contribution is 5.90. The van der Waals surface area contributed by atoms with Gasteiger partial charge in [0.15, 0.2) is 5.82 Å². The summed E-state index contributed by atoms with van der Waals surface area (Å²) in [4.78, 5) is 17.4. The molecule has 29 heavy (non-hydrogen) atoms. The van der Waals surface area contributed by atoms with Gasteiger partial charge in [-0.3, -0.25) is 4.79 Å². The average Bonchev–Trinajstić information content (AvgIpc) is 3.14. The Labute approximate surface area is 160 Å². The smallest absolute Gasteiger partial charge is 0.337 e. The van der Waals surface area contributed by atoms with Gasteiger partial charge in [-0.2, -0.15) is 26.3 Å². The molecule has 1 saturated heterocycles. The quantitative estimate of drug-likeness (QED) is 0.614. The summed E-state index contributed by atoms with van der Waals surface area (Å²) in [5, 5.41) is 6.93. The predicted molar refractivity (Wildman–Crippen MR) is 90.2 cm³/mol. The van der Waals surface area contributed by atoms with Gasteiger partial charge < -0.3 is 10.2 Å². The van der Waals surface area contributed by atoms with Gasteiger partial charge in [-0.05, 0) is 18.2 Å². The third-order valence-corrected chi connectivity index (χ3v) is 4.15. The molecule has 1 aliphatic rings. The minimum Gasteiger partial charge on any atom is -0.337 e. The lowest BCUT2D eigenvalue weighted by molar-refractivity contribution is -0.143. The summed E-state index contributed by atoms with van der Waals surface area (Å²) in [6, 6.07) is 1.13. The molecular formula is C17H15F6N5O. The van der Waals surface area contributed by atoms with Gasteiger partial charge in [-0.15, -0.1) is 5.10 Å². The van der Waals surface area contributed by atoms with Crippen molar-refractivity contribution < 1.29 is 31.1 Å².